The van der Waals surface area contributed by atoms with E-state index in [1.807, 2.05) is 18.2 Å². The maximum Gasteiger partial charge on any atom is 0.227 e. The molecule has 2 aromatic rings. The number of carbonyl (C=O) groups excluding carboxylic acids is 2. The highest BCUT2D eigenvalue weighted by Gasteiger charge is 2.36. The third-order valence-corrected chi connectivity index (χ3v) is 4.95. The van der Waals surface area contributed by atoms with Gasteiger partial charge in [0.25, 0.3) is 0 Å². The van der Waals surface area contributed by atoms with Gasteiger partial charge in [-0.1, -0.05) is 29.8 Å². The summed E-state index contributed by atoms with van der Waals surface area (Å²) in [5.41, 5.74) is 1.47. The van der Waals surface area contributed by atoms with E-state index in [1.54, 1.807) is 36.3 Å². The molecule has 1 aliphatic rings. The minimum Gasteiger partial charge on any atom is -0.497 e. The van der Waals surface area contributed by atoms with Gasteiger partial charge in [-0.05, 0) is 23.8 Å². The van der Waals surface area contributed by atoms with Crippen molar-refractivity contribution in [3.63, 3.8) is 0 Å². The van der Waals surface area contributed by atoms with Crippen LogP contribution in [0.2, 0.25) is 5.02 Å². The number of halogens is 1. The van der Waals surface area contributed by atoms with Crippen LogP contribution < -0.4 is 19.7 Å². The zero-order chi connectivity index (χ0) is 19.4. The normalized spacial score (nSPS) is 16.3. The van der Waals surface area contributed by atoms with Gasteiger partial charge in [0.2, 0.25) is 11.8 Å². The molecule has 1 aliphatic heterocycles. The molecule has 0 unspecified atom stereocenters. The number of rotatable bonds is 6. The van der Waals surface area contributed by atoms with Gasteiger partial charge in [0.1, 0.15) is 11.5 Å². The van der Waals surface area contributed by atoms with E-state index in [1.165, 1.54) is 7.11 Å². The quantitative estimate of drug-likeness (QED) is 0.826. The predicted octanol–water partition coefficient (Wildman–Crippen LogP) is 3.03. The lowest BCUT2D eigenvalue weighted by Crippen LogP contribution is -2.32. The summed E-state index contributed by atoms with van der Waals surface area (Å²) in [6.07, 6.45) is 0.156. The van der Waals surface area contributed by atoms with Crippen molar-refractivity contribution in [3.8, 4) is 11.5 Å². The van der Waals surface area contributed by atoms with Crippen LogP contribution in [0.1, 0.15) is 12.0 Å². The zero-order valence-corrected chi connectivity index (χ0v) is 16.0. The standard InChI is InChI=1S/C20H21ClN2O4/c1-26-15-7-8-17(18(10-15)27-2)23-12-14(9-19(23)24)20(25)22-11-13-5-3-4-6-16(13)21/h3-8,10,14H,9,11-12H2,1-2H3,(H,22,25)/t14-/m1/s1. The van der Waals surface area contributed by atoms with Crippen LogP contribution in [0, 0.1) is 5.92 Å². The Morgan fingerprint density at radius 2 is 2.00 bits per heavy atom. The Kier molecular flexibility index (Phi) is 5.86. The van der Waals surface area contributed by atoms with Crippen LogP contribution in [0.3, 0.4) is 0 Å². The Labute approximate surface area is 163 Å². The van der Waals surface area contributed by atoms with Crippen LogP contribution >= 0.6 is 11.6 Å². The highest BCUT2D eigenvalue weighted by atomic mass is 35.5. The Balaban J connectivity index is 1.68. The Morgan fingerprint density at radius 1 is 1.22 bits per heavy atom. The molecule has 0 radical (unpaired) electrons. The molecule has 7 heteroatoms. The van der Waals surface area contributed by atoms with Crippen LogP contribution in [0.4, 0.5) is 5.69 Å². The number of ether oxygens (including phenoxy) is 2. The molecule has 27 heavy (non-hydrogen) atoms. The van der Waals surface area contributed by atoms with Gasteiger partial charge in [0.15, 0.2) is 0 Å². The number of amides is 2. The highest BCUT2D eigenvalue weighted by Crippen LogP contribution is 2.35. The van der Waals surface area contributed by atoms with E-state index in [0.29, 0.717) is 35.3 Å². The number of nitrogens with one attached hydrogen (secondary N) is 1. The van der Waals surface area contributed by atoms with Crippen molar-refractivity contribution in [2.75, 3.05) is 25.7 Å². The van der Waals surface area contributed by atoms with Gasteiger partial charge in [-0.2, -0.15) is 0 Å². The second-order valence-electron chi connectivity index (χ2n) is 6.25. The van der Waals surface area contributed by atoms with Crippen LogP contribution in [-0.4, -0.2) is 32.6 Å². The van der Waals surface area contributed by atoms with Crippen molar-refractivity contribution in [2.45, 2.75) is 13.0 Å². The summed E-state index contributed by atoms with van der Waals surface area (Å²) in [6, 6.07) is 12.6. The van der Waals surface area contributed by atoms with Gasteiger partial charge in [0.05, 0.1) is 25.8 Å². The first-order valence-corrected chi connectivity index (χ1v) is 8.94. The lowest BCUT2D eigenvalue weighted by molar-refractivity contribution is -0.126. The van der Waals surface area contributed by atoms with Crippen LogP contribution in [0.15, 0.2) is 42.5 Å². The van der Waals surface area contributed by atoms with Gasteiger partial charge in [-0.3, -0.25) is 9.59 Å². The number of methoxy groups -OCH3 is 2. The van der Waals surface area contributed by atoms with Crippen molar-refractivity contribution >= 4 is 29.1 Å². The predicted molar refractivity (Wildman–Crippen MR) is 103 cm³/mol. The summed E-state index contributed by atoms with van der Waals surface area (Å²) in [4.78, 5) is 26.6. The molecule has 0 spiro atoms. The monoisotopic (exact) mass is 388 g/mol. The third-order valence-electron chi connectivity index (χ3n) is 4.58. The molecular weight excluding hydrogens is 368 g/mol. The van der Waals surface area contributed by atoms with Crippen molar-refractivity contribution in [1.29, 1.82) is 0 Å². The van der Waals surface area contributed by atoms with Crippen LogP contribution in [-0.2, 0) is 16.1 Å². The summed E-state index contributed by atoms with van der Waals surface area (Å²) in [7, 11) is 3.10. The molecule has 142 valence electrons. The molecule has 1 saturated heterocycles. The summed E-state index contributed by atoms with van der Waals surface area (Å²) < 4.78 is 10.6. The summed E-state index contributed by atoms with van der Waals surface area (Å²) in [5.74, 6) is 0.456. The van der Waals surface area contributed by atoms with Gasteiger partial charge < -0.3 is 19.7 Å². The topological polar surface area (TPSA) is 67.9 Å². The molecule has 6 nitrogen and oxygen atoms in total. The Hall–Kier alpha value is -2.73. The lowest BCUT2D eigenvalue weighted by Gasteiger charge is -2.20. The number of benzene rings is 2. The van der Waals surface area contributed by atoms with E-state index >= 15 is 0 Å². The molecule has 0 bridgehead atoms. The van der Waals surface area contributed by atoms with E-state index < -0.39 is 5.92 Å². The fraction of sp³-hybridized carbons (Fsp3) is 0.300. The summed E-state index contributed by atoms with van der Waals surface area (Å²) in [5, 5.41) is 3.47. The van der Waals surface area contributed by atoms with E-state index in [-0.39, 0.29) is 18.2 Å². The second kappa shape index (κ2) is 8.31. The van der Waals surface area contributed by atoms with Crippen LogP contribution in [0.25, 0.3) is 0 Å². The number of carbonyl (C=O) groups is 2. The number of hydrogen-bond donors (Lipinski definition) is 1. The molecule has 3 rings (SSSR count). The third kappa shape index (κ3) is 4.17. The minimum absolute atomic E-state index is 0.114. The first kappa shape index (κ1) is 19.0. The average Bonchev–Trinajstić information content (AvgIpc) is 3.08. The van der Waals surface area contributed by atoms with Crippen molar-refractivity contribution < 1.29 is 19.1 Å². The minimum atomic E-state index is -0.424. The summed E-state index contributed by atoms with van der Waals surface area (Å²) in [6.45, 7) is 0.630. The number of nitrogens with zero attached hydrogens (tertiary/aromatic N) is 1. The van der Waals surface area contributed by atoms with Gasteiger partial charge in [-0.25, -0.2) is 0 Å². The molecule has 2 amide bonds. The number of anilines is 1. The summed E-state index contributed by atoms with van der Waals surface area (Å²) >= 11 is 6.11. The molecule has 1 fully saturated rings. The molecule has 2 aromatic carbocycles. The fourth-order valence-corrected chi connectivity index (χ4v) is 3.29. The van der Waals surface area contributed by atoms with E-state index in [9.17, 15) is 9.59 Å². The Morgan fingerprint density at radius 3 is 2.70 bits per heavy atom. The van der Waals surface area contributed by atoms with Crippen molar-refractivity contribution in [2.24, 2.45) is 5.92 Å². The number of hydrogen-bond acceptors (Lipinski definition) is 4. The van der Waals surface area contributed by atoms with Gasteiger partial charge in [0, 0.05) is 30.6 Å². The smallest absolute Gasteiger partial charge is 0.227 e. The van der Waals surface area contributed by atoms with E-state index in [0.717, 1.165) is 5.56 Å². The van der Waals surface area contributed by atoms with Gasteiger partial charge in [-0.15, -0.1) is 0 Å². The zero-order valence-electron chi connectivity index (χ0n) is 15.2. The molecule has 1 atom stereocenters. The first-order valence-electron chi connectivity index (χ1n) is 8.57. The molecule has 1 N–H and O–H groups in total. The largest absolute Gasteiger partial charge is 0.497 e. The molecule has 0 aliphatic carbocycles. The maximum atomic E-state index is 12.5. The molecule has 1 heterocycles. The van der Waals surface area contributed by atoms with E-state index in [4.69, 9.17) is 21.1 Å². The first-order chi connectivity index (χ1) is 13.0. The Bertz CT molecular complexity index is 856. The van der Waals surface area contributed by atoms with Gasteiger partial charge >= 0.3 is 0 Å². The van der Waals surface area contributed by atoms with Crippen molar-refractivity contribution in [3.05, 3.63) is 53.1 Å². The molecule has 0 aromatic heterocycles. The average molecular weight is 389 g/mol. The second-order valence-corrected chi connectivity index (χ2v) is 6.66. The highest BCUT2D eigenvalue weighted by molar-refractivity contribution is 6.31. The molecular formula is C20H21ClN2O4. The molecule has 0 saturated carbocycles. The lowest BCUT2D eigenvalue weighted by atomic mass is 10.1. The maximum absolute atomic E-state index is 12.5. The van der Waals surface area contributed by atoms with Crippen LogP contribution in [0.5, 0.6) is 11.5 Å². The SMILES string of the molecule is COc1ccc(N2C[C@H](C(=O)NCc3ccccc3Cl)CC2=O)c(OC)c1. The van der Waals surface area contributed by atoms with E-state index in [2.05, 4.69) is 5.32 Å². The van der Waals surface area contributed by atoms with Crippen molar-refractivity contribution in [1.82, 2.24) is 5.32 Å². The fourth-order valence-electron chi connectivity index (χ4n) is 3.09.